The van der Waals surface area contributed by atoms with Gasteiger partial charge in [-0.15, -0.1) is 0 Å². The lowest BCUT2D eigenvalue weighted by Gasteiger charge is -2.12. The predicted molar refractivity (Wildman–Crippen MR) is 84.7 cm³/mol. The molecule has 6 nitrogen and oxygen atoms in total. The Balaban J connectivity index is 2.08. The zero-order chi connectivity index (χ0) is 18.4. The van der Waals surface area contributed by atoms with Gasteiger partial charge in [-0.25, -0.2) is 14.6 Å². The Morgan fingerprint density at radius 3 is 2.64 bits per heavy atom. The number of hydrogen-bond acceptors (Lipinski definition) is 5. The van der Waals surface area contributed by atoms with E-state index in [1.807, 2.05) is 13.8 Å². The van der Waals surface area contributed by atoms with Crippen LogP contribution >= 0.6 is 0 Å². The summed E-state index contributed by atoms with van der Waals surface area (Å²) < 4.78 is 40.7. The monoisotopic (exact) mass is 353 g/mol. The first-order chi connectivity index (χ1) is 11.7. The van der Waals surface area contributed by atoms with E-state index in [2.05, 4.69) is 15.1 Å². The van der Waals surface area contributed by atoms with Crippen LogP contribution in [0.3, 0.4) is 0 Å². The van der Waals surface area contributed by atoms with Crippen LogP contribution in [-0.2, 0) is 11.0 Å². The van der Waals surface area contributed by atoms with Gasteiger partial charge in [0.25, 0.3) is 0 Å². The van der Waals surface area contributed by atoms with Crippen LogP contribution in [0.4, 0.5) is 19.0 Å². The number of hydrogen-bond donors (Lipinski definition) is 1. The van der Waals surface area contributed by atoms with E-state index in [9.17, 15) is 18.0 Å². The quantitative estimate of drug-likeness (QED) is 0.914. The Hall–Kier alpha value is -2.45. The average Bonchev–Trinajstić information content (AvgIpc) is 3.12. The molecule has 3 rings (SSSR count). The van der Waals surface area contributed by atoms with Crippen molar-refractivity contribution in [2.45, 2.75) is 51.2 Å². The number of nitrogen functional groups attached to an aromatic ring is 1. The van der Waals surface area contributed by atoms with Crippen LogP contribution in [0.25, 0.3) is 11.4 Å². The number of anilines is 1. The maximum Gasteiger partial charge on any atom is 0.419 e. The number of Topliss-reactive ketones (excluding diaryl/α,β-unsaturated/α-hetero) is 1. The minimum atomic E-state index is -4.61. The van der Waals surface area contributed by atoms with Crippen LogP contribution < -0.4 is 5.73 Å². The van der Waals surface area contributed by atoms with Crippen LogP contribution in [0.15, 0.2) is 12.3 Å². The van der Waals surface area contributed by atoms with Gasteiger partial charge in [0.05, 0.1) is 11.5 Å². The molecule has 0 aromatic carbocycles. The van der Waals surface area contributed by atoms with Crippen LogP contribution in [0, 0.1) is 0 Å². The van der Waals surface area contributed by atoms with Crippen molar-refractivity contribution in [3.63, 3.8) is 0 Å². The summed E-state index contributed by atoms with van der Waals surface area (Å²) in [6, 6.07) is 0.816. The average molecular weight is 353 g/mol. The predicted octanol–water partition coefficient (Wildman–Crippen LogP) is 3.36. The number of carbonyl (C=O) groups excluding carboxylic acids is 1. The van der Waals surface area contributed by atoms with Gasteiger partial charge in [0.15, 0.2) is 5.82 Å². The number of ketones is 1. The third kappa shape index (κ3) is 3.22. The van der Waals surface area contributed by atoms with Crippen molar-refractivity contribution < 1.29 is 18.0 Å². The number of nitrogens with two attached hydrogens (primary N) is 1. The molecule has 134 valence electrons. The first kappa shape index (κ1) is 17.4. The molecule has 9 heteroatoms. The summed E-state index contributed by atoms with van der Waals surface area (Å²) >= 11 is 0. The van der Waals surface area contributed by atoms with E-state index in [1.54, 1.807) is 4.68 Å². The Kier molecular flexibility index (Phi) is 4.26. The fraction of sp³-hybridized carbons (Fsp3) is 0.500. The molecule has 0 amide bonds. The molecule has 2 aromatic heterocycles. The van der Waals surface area contributed by atoms with Crippen molar-refractivity contribution in [1.29, 1.82) is 0 Å². The van der Waals surface area contributed by atoms with Gasteiger partial charge >= 0.3 is 6.18 Å². The number of nitrogens with zero attached hydrogens (tertiary/aromatic N) is 4. The topological polar surface area (TPSA) is 86.7 Å². The van der Waals surface area contributed by atoms with Gasteiger partial charge in [-0.05, 0) is 32.8 Å². The van der Waals surface area contributed by atoms with E-state index in [0.717, 1.165) is 12.5 Å². The Bertz CT molecular complexity index is 813. The highest BCUT2D eigenvalue weighted by Crippen LogP contribution is 2.36. The molecular formula is C16H18F3N5O. The Morgan fingerprint density at radius 2 is 2.08 bits per heavy atom. The van der Waals surface area contributed by atoms with Gasteiger partial charge in [0, 0.05) is 24.2 Å². The molecule has 0 bridgehead atoms. The van der Waals surface area contributed by atoms with Crippen molar-refractivity contribution in [2.75, 3.05) is 5.73 Å². The summed E-state index contributed by atoms with van der Waals surface area (Å²) in [4.78, 5) is 20.1. The zero-order valence-electron chi connectivity index (χ0n) is 13.8. The SMILES string of the molecule is CC(C)n1nc(-c2cnc(N)c(C(F)(F)F)c2)nc1C1CCCC1=O. The smallest absolute Gasteiger partial charge is 0.383 e. The number of pyridine rings is 1. The summed E-state index contributed by atoms with van der Waals surface area (Å²) in [6.07, 6.45) is -1.45. The maximum absolute atomic E-state index is 13.0. The van der Waals surface area contributed by atoms with Crippen molar-refractivity contribution in [3.05, 3.63) is 23.7 Å². The van der Waals surface area contributed by atoms with Crippen molar-refractivity contribution in [1.82, 2.24) is 19.7 Å². The minimum absolute atomic E-state index is 0.0755. The third-order valence-corrected chi connectivity index (χ3v) is 4.25. The van der Waals surface area contributed by atoms with E-state index < -0.39 is 17.6 Å². The molecule has 1 atom stereocenters. The largest absolute Gasteiger partial charge is 0.419 e. The molecular weight excluding hydrogens is 335 g/mol. The first-order valence-corrected chi connectivity index (χ1v) is 8.00. The Labute approximate surface area is 142 Å². The molecule has 1 aliphatic rings. The fourth-order valence-corrected chi connectivity index (χ4v) is 2.99. The molecule has 0 radical (unpaired) electrons. The summed E-state index contributed by atoms with van der Waals surface area (Å²) in [5.41, 5.74) is 4.43. The highest BCUT2D eigenvalue weighted by molar-refractivity contribution is 5.87. The molecule has 2 aromatic rings. The van der Waals surface area contributed by atoms with Gasteiger partial charge in [-0.1, -0.05) is 0 Å². The highest BCUT2D eigenvalue weighted by atomic mass is 19.4. The molecule has 1 unspecified atom stereocenters. The lowest BCUT2D eigenvalue weighted by molar-refractivity contribution is -0.137. The molecule has 0 spiro atoms. The van der Waals surface area contributed by atoms with Crippen LogP contribution in [0.2, 0.25) is 0 Å². The van der Waals surface area contributed by atoms with E-state index in [0.29, 0.717) is 18.7 Å². The number of alkyl halides is 3. The van der Waals surface area contributed by atoms with Gasteiger partial charge in [0.2, 0.25) is 0 Å². The van der Waals surface area contributed by atoms with E-state index in [-0.39, 0.29) is 29.1 Å². The summed E-state index contributed by atoms with van der Waals surface area (Å²) in [5, 5.41) is 4.32. The first-order valence-electron chi connectivity index (χ1n) is 8.00. The number of aromatic nitrogens is 4. The second kappa shape index (κ2) is 6.12. The standard InChI is InChI=1S/C16H18F3N5O/c1-8(2)24-15(10-4-3-5-12(10)25)22-14(23-24)9-6-11(16(17,18)19)13(20)21-7-9/h6-8,10H,3-5H2,1-2H3,(H2,20,21). The van der Waals surface area contributed by atoms with Crippen molar-refractivity contribution >= 4 is 11.6 Å². The van der Waals surface area contributed by atoms with Crippen molar-refractivity contribution in [2.24, 2.45) is 0 Å². The molecule has 2 N–H and O–H groups in total. The number of carbonyl (C=O) groups is 1. The van der Waals surface area contributed by atoms with Gasteiger partial charge < -0.3 is 5.73 Å². The normalized spacial score (nSPS) is 18.3. The van der Waals surface area contributed by atoms with E-state index in [1.165, 1.54) is 6.20 Å². The molecule has 1 fully saturated rings. The van der Waals surface area contributed by atoms with Gasteiger partial charge in [-0.3, -0.25) is 4.79 Å². The van der Waals surface area contributed by atoms with E-state index in [4.69, 9.17) is 5.73 Å². The fourth-order valence-electron chi connectivity index (χ4n) is 2.99. The Morgan fingerprint density at radius 1 is 1.36 bits per heavy atom. The van der Waals surface area contributed by atoms with E-state index >= 15 is 0 Å². The van der Waals surface area contributed by atoms with Crippen LogP contribution in [0.1, 0.15) is 56.5 Å². The highest BCUT2D eigenvalue weighted by Gasteiger charge is 2.35. The molecule has 1 saturated carbocycles. The maximum atomic E-state index is 13.0. The summed E-state index contributed by atoms with van der Waals surface area (Å²) in [5.74, 6) is -0.246. The molecule has 0 saturated heterocycles. The number of halogens is 3. The van der Waals surface area contributed by atoms with Gasteiger partial charge in [0.1, 0.15) is 17.4 Å². The van der Waals surface area contributed by atoms with Crippen LogP contribution in [0.5, 0.6) is 0 Å². The zero-order valence-corrected chi connectivity index (χ0v) is 13.8. The second-order valence-electron chi connectivity index (χ2n) is 6.40. The second-order valence-corrected chi connectivity index (χ2v) is 6.40. The summed E-state index contributed by atoms with van der Waals surface area (Å²) in [7, 11) is 0. The number of rotatable bonds is 3. The summed E-state index contributed by atoms with van der Waals surface area (Å²) in [6.45, 7) is 3.76. The molecule has 2 heterocycles. The molecule has 25 heavy (non-hydrogen) atoms. The van der Waals surface area contributed by atoms with Crippen LogP contribution in [-0.4, -0.2) is 25.5 Å². The third-order valence-electron chi connectivity index (χ3n) is 4.25. The lowest BCUT2D eigenvalue weighted by Crippen LogP contribution is -2.15. The molecule has 0 aliphatic heterocycles. The molecule has 1 aliphatic carbocycles. The van der Waals surface area contributed by atoms with Crippen molar-refractivity contribution in [3.8, 4) is 11.4 Å². The van der Waals surface area contributed by atoms with Gasteiger partial charge in [-0.2, -0.15) is 18.3 Å². The minimum Gasteiger partial charge on any atom is -0.383 e. The lowest BCUT2D eigenvalue weighted by atomic mass is 10.1.